The number of hydrogen-bond donors (Lipinski definition) is 1. The van der Waals surface area contributed by atoms with Gasteiger partial charge in [0.2, 0.25) is 0 Å². The van der Waals surface area contributed by atoms with Crippen molar-refractivity contribution in [3.63, 3.8) is 0 Å². The second-order valence-corrected chi connectivity index (χ2v) is 5.05. The van der Waals surface area contributed by atoms with Crippen molar-refractivity contribution in [2.45, 2.75) is 19.3 Å². The molecule has 2 rings (SSSR count). The molecule has 1 aromatic carbocycles. The molecule has 0 aliphatic carbocycles. The summed E-state index contributed by atoms with van der Waals surface area (Å²) < 4.78 is 5.10. The first-order valence-corrected chi connectivity index (χ1v) is 7.63. The largest absolute Gasteiger partial charge is 0.464 e. The van der Waals surface area contributed by atoms with Crippen molar-refractivity contribution in [3.8, 4) is 0 Å². The van der Waals surface area contributed by atoms with Crippen LogP contribution in [0.1, 0.15) is 28.8 Å². The van der Waals surface area contributed by atoms with Gasteiger partial charge in [0.1, 0.15) is 6.61 Å². The van der Waals surface area contributed by atoms with Crippen LogP contribution in [0.2, 0.25) is 0 Å². The first-order valence-electron chi connectivity index (χ1n) is 7.63. The van der Waals surface area contributed by atoms with E-state index >= 15 is 0 Å². The van der Waals surface area contributed by atoms with Gasteiger partial charge >= 0.3 is 5.97 Å². The average molecular weight is 312 g/mol. The molecule has 1 amide bonds. The molecule has 1 aromatic heterocycles. The van der Waals surface area contributed by atoms with Gasteiger partial charge in [-0.2, -0.15) is 0 Å². The fourth-order valence-corrected chi connectivity index (χ4v) is 2.09. The van der Waals surface area contributed by atoms with Gasteiger partial charge in [0.25, 0.3) is 5.91 Å². The van der Waals surface area contributed by atoms with Crippen LogP contribution in [0.4, 0.5) is 0 Å². The minimum absolute atomic E-state index is 0.182. The van der Waals surface area contributed by atoms with Gasteiger partial charge < -0.3 is 10.1 Å². The van der Waals surface area contributed by atoms with Gasteiger partial charge in [0.05, 0.1) is 6.54 Å². The van der Waals surface area contributed by atoms with E-state index in [1.54, 1.807) is 24.5 Å². The van der Waals surface area contributed by atoms with Crippen molar-refractivity contribution >= 4 is 11.9 Å². The predicted molar refractivity (Wildman–Crippen MR) is 86.9 cm³/mol. The number of hydrogen-bond acceptors (Lipinski definition) is 4. The van der Waals surface area contributed by atoms with E-state index in [4.69, 9.17) is 4.74 Å². The van der Waals surface area contributed by atoms with Gasteiger partial charge in [0, 0.05) is 24.4 Å². The summed E-state index contributed by atoms with van der Waals surface area (Å²) in [5.74, 6) is -0.438. The normalized spacial score (nSPS) is 10.1. The zero-order valence-corrected chi connectivity index (χ0v) is 12.9. The van der Waals surface area contributed by atoms with Crippen LogP contribution in [0.3, 0.4) is 0 Å². The van der Waals surface area contributed by atoms with E-state index in [0.717, 1.165) is 12.8 Å². The summed E-state index contributed by atoms with van der Waals surface area (Å²) in [4.78, 5) is 27.2. The molecule has 2 aromatic rings. The molecule has 0 atom stereocenters. The number of carbonyl (C=O) groups excluding carboxylic acids is 2. The molecule has 0 unspecified atom stereocenters. The van der Waals surface area contributed by atoms with E-state index < -0.39 is 0 Å². The van der Waals surface area contributed by atoms with Crippen molar-refractivity contribution in [2.75, 3.05) is 13.2 Å². The molecule has 0 fully saturated rings. The zero-order chi connectivity index (χ0) is 16.3. The van der Waals surface area contributed by atoms with Crippen molar-refractivity contribution in [3.05, 3.63) is 66.0 Å². The number of nitrogens with zero attached hydrogens (tertiary/aromatic N) is 1. The molecular weight excluding hydrogens is 292 g/mol. The monoisotopic (exact) mass is 312 g/mol. The summed E-state index contributed by atoms with van der Waals surface area (Å²) in [5, 5.41) is 2.69. The van der Waals surface area contributed by atoms with Crippen LogP contribution < -0.4 is 5.32 Å². The number of ether oxygens (including phenoxy) is 1. The van der Waals surface area contributed by atoms with Crippen LogP contribution in [-0.4, -0.2) is 30.0 Å². The Morgan fingerprint density at radius 3 is 2.52 bits per heavy atom. The third-order valence-electron chi connectivity index (χ3n) is 3.28. The molecular formula is C18H20N2O3. The minimum atomic E-state index is -0.237. The van der Waals surface area contributed by atoms with E-state index in [2.05, 4.69) is 10.3 Å². The lowest BCUT2D eigenvalue weighted by Gasteiger charge is -2.07. The maximum absolute atomic E-state index is 11.7. The Kier molecular flexibility index (Phi) is 6.78. The number of aromatic nitrogens is 1. The molecule has 5 heteroatoms. The molecule has 5 nitrogen and oxygen atoms in total. The van der Waals surface area contributed by atoms with Gasteiger partial charge in [-0.3, -0.25) is 14.6 Å². The lowest BCUT2D eigenvalue weighted by atomic mass is 10.1. The molecule has 0 radical (unpaired) electrons. The molecule has 0 saturated heterocycles. The van der Waals surface area contributed by atoms with Crippen LogP contribution in [0.15, 0.2) is 54.9 Å². The SMILES string of the molecule is O=C(CCCc1ccccc1)OCCNC(=O)c1ccncc1. The van der Waals surface area contributed by atoms with Crippen molar-refractivity contribution in [1.29, 1.82) is 0 Å². The maximum atomic E-state index is 11.7. The lowest BCUT2D eigenvalue weighted by molar-refractivity contribution is -0.143. The highest BCUT2D eigenvalue weighted by Gasteiger charge is 2.06. The Morgan fingerprint density at radius 1 is 1.04 bits per heavy atom. The summed E-state index contributed by atoms with van der Waals surface area (Å²) in [6.07, 6.45) is 5.11. The molecule has 0 aliphatic heterocycles. The second kappa shape index (κ2) is 9.35. The summed E-state index contributed by atoms with van der Waals surface area (Å²) in [7, 11) is 0. The highest BCUT2D eigenvalue weighted by Crippen LogP contribution is 2.05. The van der Waals surface area contributed by atoms with E-state index in [9.17, 15) is 9.59 Å². The van der Waals surface area contributed by atoms with E-state index in [-0.39, 0.29) is 18.5 Å². The number of benzene rings is 1. The van der Waals surface area contributed by atoms with E-state index in [0.29, 0.717) is 18.5 Å². The predicted octanol–water partition coefficient (Wildman–Crippen LogP) is 2.38. The second-order valence-electron chi connectivity index (χ2n) is 5.05. The fraction of sp³-hybridized carbons (Fsp3) is 0.278. The molecule has 120 valence electrons. The third kappa shape index (κ3) is 6.30. The summed E-state index contributed by atoms with van der Waals surface area (Å²) in [6.45, 7) is 0.479. The summed E-state index contributed by atoms with van der Waals surface area (Å²) in [6, 6.07) is 13.3. The number of pyridine rings is 1. The maximum Gasteiger partial charge on any atom is 0.305 e. The van der Waals surface area contributed by atoms with Crippen molar-refractivity contribution in [1.82, 2.24) is 10.3 Å². The summed E-state index contributed by atoms with van der Waals surface area (Å²) >= 11 is 0. The Balaban J connectivity index is 1.55. The first-order chi connectivity index (χ1) is 11.3. The quantitative estimate of drug-likeness (QED) is 0.600. The zero-order valence-electron chi connectivity index (χ0n) is 12.9. The lowest BCUT2D eigenvalue weighted by Crippen LogP contribution is -2.28. The molecule has 0 saturated carbocycles. The van der Waals surface area contributed by atoms with Gasteiger partial charge in [0.15, 0.2) is 0 Å². The smallest absolute Gasteiger partial charge is 0.305 e. The van der Waals surface area contributed by atoms with E-state index in [1.807, 2.05) is 30.3 Å². The number of carbonyl (C=O) groups is 2. The summed E-state index contributed by atoms with van der Waals surface area (Å²) in [5.41, 5.74) is 1.75. The molecule has 1 N–H and O–H groups in total. The molecule has 0 bridgehead atoms. The van der Waals surface area contributed by atoms with Gasteiger partial charge in [-0.05, 0) is 30.5 Å². The van der Waals surface area contributed by atoms with Crippen LogP contribution in [-0.2, 0) is 16.0 Å². The Bertz CT molecular complexity index is 615. The van der Waals surface area contributed by atoms with Gasteiger partial charge in [-0.1, -0.05) is 30.3 Å². The molecule has 23 heavy (non-hydrogen) atoms. The van der Waals surface area contributed by atoms with Crippen LogP contribution in [0, 0.1) is 0 Å². The third-order valence-corrected chi connectivity index (χ3v) is 3.28. The minimum Gasteiger partial charge on any atom is -0.464 e. The number of aryl methyl sites for hydroxylation is 1. The van der Waals surface area contributed by atoms with E-state index in [1.165, 1.54) is 5.56 Å². The average Bonchev–Trinajstić information content (AvgIpc) is 2.60. The highest BCUT2D eigenvalue weighted by molar-refractivity contribution is 5.93. The Labute approximate surface area is 135 Å². The standard InChI is InChI=1S/C18H20N2O3/c21-17(8-4-7-15-5-2-1-3-6-15)23-14-13-20-18(22)16-9-11-19-12-10-16/h1-3,5-6,9-12H,4,7-8,13-14H2,(H,20,22). The van der Waals surface area contributed by atoms with Gasteiger partial charge in [-0.15, -0.1) is 0 Å². The van der Waals surface area contributed by atoms with Gasteiger partial charge in [-0.25, -0.2) is 0 Å². The highest BCUT2D eigenvalue weighted by atomic mass is 16.5. The Hall–Kier alpha value is -2.69. The number of esters is 1. The van der Waals surface area contributed by atoms with Crippen molar-refractivity contribution < 1.29 is 14.3 Å². The number of rotatable bonds is 8. The topological polar surface area (TPSA) is 68.3 Å². The fourth-order valence-electron chi connectivity index (χ4n) is 2.09. The molecule has 1 heterocycles. The molecule has 0 spiro atoms. The van der Waals surface area contributed by atoms with Crippen molar-refractivity contribution in [2.24, 2.45) is 0 Å². The molecule has 0 aliphatic rings. The number of amides is 1. The van der Waals surface area contributed by atoms with Crippen LogP contribution >= 0.6 is 0 Å². The van der Waals surface area contributed by atoms with Crippen LogP contribution in [0.5, 0.6) is 0 Å². The van der Waals surface area contributed by atoms with Crippen LogP contribution in [0.25, 0.3) is 0 Å². The number of nitrogens with one attached hydrogen (secondary N) is 1. The first kappa shape index (κ1) is 16.7. The Morgan fingerprint density at radius 2 is 1.78 bits per heavy atom.